The maximum Gasteiger partial charge on any atom is 0.163 e. The third kappa shape index (κ3) is 8.40. The van der Waals surface area contributed by atoms with Crippen LogP contribution in [0.2, 0.25) is 0 Å². The van der Waals surface area contributed by atoms with E-state index >= 15 is 0 Å². The molecule has 0 saturated carbocycles. The predicted molar refractivity (Wildman–Crippen MR) is 94.9 cm³/mol. The molecular formula is C18H29NO6. The van der Waals surface area contributed by atoms with E-state index in [1.165, 1.54) is 0 Å². The molecule has 1 aromatic carbocycles. The lowest BCUT2D eigenvalue weighted by molar-refractivity contribution is -0.00841. The Bertz CT molecular complexity index is 471. The van der Waals surface area contributed by atoms with Crippen molar-refractivity contribution >= 4 is 5.69 Å². The summed E-state index contributed by atoms with van der Waals surface area (Å²) in [5, 5.41) is 3.27. The van der Waals surface area contributed by atoms with E-state index < -0.39 is 0 Å². The normalized spacial score (nSPS) is 18.8. The molecule has 0 saturated heterocycles. The first-order chi connectivity index (χ1) is 12.4. The Labute approximate surface area is 149 Å². The minimum atomic E-state index is 0.450. The first kappa shape index (κ1) is 19.8. The van der Waals surface area contributed by atoms with Gasteiger partial charge in [0.25, 0.3) is 0 Å². The molecule has 1 aliphatic rings. The highest BCUT2D eigenvalue weighted by Crippen LogP contribution is 2.30. The second-order valence-electron chi connectivity index (χ2n) is 5.34. The average molecular weight is 355 g/mol. The minimum absolute atomic E-state index is 0.450. The molecule has 1 heterocycles. The molecule has 7 nitrogen and oxygen atoms in total. The molecule has 1 aliphatic heterocycles. The molecule has 1 N–H and O–H groups in total. The van der Waals surface area contributed by atoms with Gasteiger partial charge >= 0.3 is 0 Å². The Morgan fingerprint density at radius 2 is 1.16 bits per heavy atom. The van der Waals surface area contributed by atoms with Crippen molar-refractivity contribution in [3.63, 3.8) is 0 Å². The predicted octanol–water partition coefficient (Wildman–Crippen LogP) is 1.96. The van der Waals surface area contributed by atoms with Gasteiger partial charge in [0, 0.05) is 18.3 Å². The third-order valence-electron chi connectivity index (χ3n) is 3.41. The molecule has 0 spiro atoms. The van der Waals surface area contributed by atoms with Crippen LogP contribution in [0.25, 0.3) is 0 Å². The Morgan fingerprint density at radius 3 is 1.68 bits per heavy atom. The van der Waals surface area contributed by atoms with Gasteiger partial charge in [-0.15, -0.1) is 0 Å². The smallest absolute Gasteiger partial charge is 0.163 e. The number of fused-ring (bicyclic) bond motifs is 1. The Hall–Kier alpha value is -1.54. The van der Waals surface area contributed by atoms with Crippen LogP contribution in [0, 0.1) is 0 Å². The van der Waals surface area contributed by atoms with Crippen LogP contribution in [0.3, 0.4) is 0 Å². The number of hydrogen-bond acceptors (Lipinski definition) is 7. The molecule has 1 aromatic rings. The highest BCUT2D eigenvalue weighted by atomic mass is 16.6. The van der Waals surface area contributed by atoms with Crippen LogP contribution < -0.4 is 14.8 Å². The summed E-state index contributed by atoms with van der Waals surface area (Å²) in [6.45, 7) is 8.08. The zero-order valence-electron chi connectivity index (χ0n) is 15.0. The summed E-state index contributed by atoms with van der Waals surface area (Å²) in [7, 11) is 0. The van der Waals surface area contributed by atoms with Gasteiger partial charge in [0.2, 0.25) is 0 Å². The zero-order valence-corrected chi connectivity index (χ0v) is 15.0. The van der Waals surface area contributed by atoms with E-state index in [-0.39, 0.29) is 0 Å². The van der Waals surface area contributed by atoms with Gasteiger partial charge in [-0.1, -0.05) is 0 Å². The summed E-state index contributed by atoms with van der Waals surface area (Å²) < 4.78 is 33.4. The molecule has 25 heavy (non-hydrogen) atoms. The van der Waals surface area contributed by atoms with Crippen molar-refractivity contribution in [2.75, 3.05) is 77.9 Å². The van der Waals surface area contributed by atoms with Crippen molar-refractivity contribution in [1.29, 1.82) is 0 Å². The summed E-state index contributed by atoms with van der Waals surface area (Å²) >= 11 is 0. The molecule has 0 atom stereocenters. The lowest BCUT2D eigenvalue weighted by atomic mass is 10.2. The van der Waals surface area contributed by atoms with E-state index in [4.69, 9.17) is 28.4 Å². The molecule has 0 unspecified atom stereocenters. The first-order valence-corrected chi connectivity index (χ1v) is 8.84. The van der Waals surface area contributed by atoms with Gasteiger partial charge in [-0.25, -0.2) is 0 Å². The lowest BCUT2D eigenvalue weighted by Gasteiger charge is -2.15. The number of rotatable bonds is 2. The van der Waals surface area contributed by atoms with Gasteiger partial charge in [-0.2, -0.15) is 0 Å². The van der Waals surface area contributed by atoms with E-state index in [1.807, 2.05) is 18.2 Å². The maximum absolute atomic E-state index is 5.83. The molecule has 0 aromatic heterocycles. The molecule has 0 radical (unpaired) electrons. The first-order valence-electron chi connectivity index (χ1n) is 8.84. The number of anilines is 1. The Kier molecular flexibility index (Phi) is 10.1. The zero-order chi connectivity index (χ0) is 17.6. The van der Waals surface area contributed by atoms with Crippen LogP contribution in [0.5, 0.6) is 11.5 Å². The fourth-order valence-corrected chi connectivity index (χ4v) is 2.24. The van der Waals surface area contributed by atoms with Crippen LogP contribution in [0.1, 0.15) is 6.92 Å². The van der Waals surface area contributed by atoms with Crippen molar-refractivity contribution in [2.45, 2.75) is 6.92 Å². The highest BCUT2D eigenvalue weighted by Gasteiger charge is 2.07. The van der Waals surface area contributed by atoms with Gasteiger partial charge < -0.3 is 33.7 Å². The second kappa shape index (κ2) is 12.8. The van der Waals surface area contributed by atoms with E-state index in [2.05, 4.69) is 12.2 Å². The molecule has 0 fully saturated rings. The van der Waals surface area contributed by atoms with Crippen molar-refractivity contribution in [1.82, 2.24) is 0 Å². The van der Waals surface area contributed by atoms with Crippen molar-refractivity contribution < 1.29 is 28.4 Å². The number of nitrogens with one attached hydrogen (secondary N) is 1. The quantitative estimate of drug-likeness (QED) is 0.870. The SMILES string of the molecule is CCNc1ccc2c(c1)OCCOCCOCCOCCOCCO2. The topological polar surface area (TPSA) is 67.4 Å². The number of ether oxygens (including phenoxy) is 6. The number of benzene rings is 1. The third-order valence-corrected chi connectivity index (χ3v) is 3.41. The largest absolute Gasteiger partial charge is 0.487 e. The Morgan fingerprint density at radius 1 is 0.680 bits per heavy atom. The number of hydrogen-bond donors (Lipinski definition) is 1. The van der Waals surface area contributed by atoms with Gasteiger partial charge in [0.05, 0.1) is 52.9 Å². The van der Waals surface area contributed by atoms with Gasteiger partial charge in [-0.3, -0.25) is 0 Å². The molecule has 0 aliphatic carbocycles. The van der Waals surface area contributed by atoms with Crippen LogP contribution in [0.15, 0.2) is 18.2 Å². The molecule has 0 amide bonds. The fourth-order valence-electron chi connectivity index (χ4n) is 2.24. The molecule has 2 rings (SSSR count). The summed E-state index contributed by atoms with van der Waals surface area (Å²) in [6, 6.07) is 5.82. The van der Waals surface area contributed by atoms with Crippen LogP contribution in [-0.4, -0.2) is 72.6 Å². The van der Waals surface area contributed by atoms with Crippen LogP contribution >= 0.6 is 0 Å². The standard InChI is InChI=1S/C18H29NO6/c1-2-19-16-3-4-17-18(15-16)25-14-12-23-10-8-21-6-5-20-7-9-22-11-13-24-17/h3-4,15,19H,2,5-14H2,1H3. The Balaban J connectivity index is 1.89. The van der Waals surface area contributed by atoms with Gasteiger partial charge in [0.15, 0.2) is 11.5 Å². The molecule has 7 heteroatoms. The summed E-state index contributed by atoms with van der Waals surface area (Å²) in [5.41, 5.74) is 0.995. The molecule has 142 valence electrons. The van der Waals surface area contributed by atoms with Crippen LogP contribution in [-0.2, 0) is 18.9 Å². The summed E-state index contributed by atoms with van der Waals surface area (Å²) in [6.07, 6.45) is 0. The fraction of sp³-hybridized carbons (Fsp3) is 0.667. The lowest BCUT2D eigenvalue weighted by Crippen LogP contribution is -2.16. The van der Waals surface area contributed by atoms with Crippen molar-refractivity contribution in [3.05, 3.63) is 18.2 Å². The minimum Gasteiger partial charge on any atom is -0.487 e. The van der Waals surface area contributed by atoms with Gasteiger partial charge in [-0.05, 0) is 19.1 Å². The van der Waals surface area contributed by atoms with E-state index in [0.29, 0.717) is 77.6 Å². The molecular weight excluding hydrogens is 326 g/mol. The van der Waals surface area contributed by atoms with Crippen molar-refractivity contribution in [2.24, 2.45) is 0 Å². The monoisotopic (exact) mass is 355 g/mol. The van der Waals surface area contributed by atoms with Gasteiger partial charge in [0.1, 0.15) is 13.2 Å². The van der Waals surface area contributed by atoms with E-state index in [1.54, 1.807) is 0 Å². The van der Waals surface area contributed by atoms with Crippen LogP contribution in [0.4, 0.5) is 5.69 Å². The van der Waals surface area contributed by atoms with Crippen molar-refractivity contribution in [3.8, 4) is 11.5 Å². The highest BCUT2D eigenvalue weighted by molar-refractivity contribution is 5.54. The average Bonchev–Trinajstić information content (AvgIpc) is 2.62. The van der Waals surface area contributed by atoms with E-state index in [9.17, 15) is 0 Å². The summed E-state index contributed by atoms with van der Waals surface area (Å²) in [4.78, 5) is 0. The second-order valence-corrected chi connectivity index (χ2v) is 5.34. The van der Waals surface area contributed by atoms with E-state index in [0.717, 1.165) is 12.2 Å². The maximum atomic E-state index is 5.83. The summed E-state index contributed by atoms with van der Waals surface area (Å²) in [5.74, 6) is 1.40. The molecule has 0 bridgehead atoms.